The molecule has 24 heavy (non-hydrogen) atoms. The fourth-order valence-electron chi connectivity index (χ4n) is 2.18. The van der Waals surface area contributed by atoms with E-state index in [1.54, 1.807) is 37.7 Å². The van der Waals surface area contributed by atoms with Crippen molar-refractivity contribution >= 4 is 11.9 Å². The van der Waals surface area contributed by atoms with Crippen LogP contribution in [0.1, 0.15) is 29.8 Å². The number of pyridine rings is 1. The van der Waals surface area contributed by atoms with Gasteiger partial charge in [0.05, 0.1) is 20.3 Å². The first-order valence-electron chi connectivity index (χ1n) is 7.79. The van der Waals surface area contributed by atoms with Gasteiger partial charge >= 0.3 is 0 Å². The highest BCUT2D eigenvalue weighted by molar-refractivity contribution is 6.06. The summed E-state index contributed by atoms with van der Waals surface area (Å²) >= 11 is 0. The van der Waals surface area contributed by atoms with Crippen molar-refractivity contribution in [1.82, 2.24) is 4.98 Å². The zero-order valence-electron chi connectivity index (χ0n) is 14.1. The molecule has 0 fully saturated rings. The van der Waals surface area contributed by atoms with Crippen molar-refractivity contribution in [3.8, 4) is 17.2 Å². The second-order valence-corrected chi connectivity index (χ2v) is 4.85. The highest BCUT2D eigenvalue weighted by Crippen LogP contribution is 2.39. The summed E-state index contributed by atoms with van der Waals surface area (Å²) in [5.41, 5.74) is 1.38. The molecule has 126 valence electrons. The van der Waals surface area contributed by atoms with Gasteiger partial charge in [-0.25, -0.2) is 0 Å². The highest BCUT2D eigenvalue weighted by Gasteiger charge is 2.13. The zero-order chi connectivity index (χ0) is 17.4. The fraction of sp³-hybridized carbons (Fsp3) is 0.263. The third-order valence-electron chi connectivity index (χ3n) is 3.24. The molecule has 0 amide bonds. The van der Waals surface area contributed by atoms with Crippen LogP contribution in [-0.2, 0) is 0 Å². The van der Waals surface area contributed by atoms with Gasteiger partial charge in [-0.15, -0.1) is 0 Å². The maximum atomic E-state index is 12.2. The Morgan fingerprint density at radius 3 is 2.38 bits per heavy atom. The van der Waals surface area contributed by atoms with Crippen molar-refractivity contribution < 1.29 is 19.0 Å². The number of methoxy groups -OCH3 is 1. The van der Waals surface area contributed by atoms with Crippen LogP contribution in [0.4, 0.5) is 0 Å². The molecule has 0 saturated heterocycles. The lowest BCUT2D eigenvalue weighted by Crippen LogP contribution is -2.01. The predicted octanol–water partition coefficient (Wildman–Crippen LogP) is 3.78. The van der Waals surface area contributed by atoms with Gasteiger partial charge in [-0.2, -0.15) is 0 Å². The molecule has 1 heterocycles. The normalized spacial score (nSPS) is 10.6. The van der Waals surface area contributed by atoms with Crippen LogP contribution in [0.2, 0.25) is 0 Å². The highest BCUT2D eigenvalue weighted by atomic mass is 16.5. The Balaban J connectivity index is 2.31. The lowest BCUT2D eigenvalue weighted by molar-refractivity contribution is 0.104. The van der Waals surface area contributed by atoms with E-state index in [2.05, 4.69) is 4.98 Å². The monoisotopic (exact) mass is 327 g/mol. The van der Waals surface area contributed by atoms with Crippen molar-refractivity contribution in [3.05, 3.63) is 53.9 Å². The topological polar surface area (TPSA) is 57.7 Å². The van der Waals surface area contributed by atoms with E-state index >= 15 is 0 Å². The maximum absolute atomic E-state index is 12.2. The molecule has 0 aliphatic rings. The summed E-state index contributed by atoms with van der Waals surface area (Å²) in [5.74, 6) is 1.64. The number of hydrogen-bond acceptors (Lipinski definition) is 5. The quantitative estimate of drug-likeness (QED) is 0.545. The minimum absolute atomic E-state index is 0.0942. The van der Waals surface area contributed by atoms with E-state index in [0.717, 1.165) is 5.56 Å². The number of allylic oxidation sites excluding steroid dienone is 1. The molecule has 0 aliphatic carbocycles. The molecule has 0 aliphatic heterocycles. The van der Waals surface area contributed by atoms with Gasteiger partial charge in [0.25, 0.3) is 0 Å². The van der Waals surface area contributed by atoms with Gasteiger partial charge in [0.1, 0.15) is 0 Å². The largest absolute Gasteiger partial charge is 0.493 e. The van der Waals surface area contributed by atoms with E-state index < -0.39 is 0 Å². The lowest BCUT2D eigenvalue weighted by atomic mass is 10.1. The molecule has 0 atom stereocenters. The molecule has 0 bridgehead atoms. The number of ether oxygens (including phenoxy) is 3. The smallest absolute Gasteiger partial charge is 0.203 e. The van der Waals surface area contributed by atoms with Crippen LogP contribution in [0.5, 0.6) is 17.2 Å². The summed E-state index contributed by atoms with van der Waals surface area (Å²) in [6.07, 6.45) is 6.42. The van der Waals surface area contributed by atoms with Crippen LogP contribution < -0.4 is 14.2 Å². The molecular weight excluding hydrogens is 306 g/mol. The molecule has 1 aromatic heterocycles. The Kier molecular flexibility index (Phi) is 6.37. The zero-order valence-corrected chi connectivity index (χ0v) is 14.1. The van der Waals surface area contributed by atoms with Crippen LogP contribution in [-0.4, -0.2) is 31.1 Å². The van der Waals surface area contributed by atoms with Gasteiger partial charge in [-0.3, -0.25) is 9.78 Å². The van der Waals surface area contributed by atoms with Crippen LogP contribution in [0.15, 0.2) is 42.7 Å². The Bertz CT molecular complexity index is 711. The molecule has 2 rings (SSSR count). The molecule has 0 radical (unpaired) electrons. The summed E-state index contributed by atoms with van der Waals surface area (Å²) in [7, 11) is 1.57. The van der Waals surface area contributed by atoms with Crippen LogP contribution in [0.25, 0.3) is 6.08 Å². The van der Waals surface area contributed by atoms with E-state index in [1.807, 2.05) is 26.0 Å². The van der Waals surface area contributed by atoms with Gasteiger partial charge < -0.3 is 14.2 Å². The van der Waals surface area contributed by atoms with Crippen molar-refractivity contribution in [2.24, 2.45) is 0 Å². The number of benzene rings is 1. The van der Waals surface area contributed by atoms with E-state index in [1.165, 1.54) is 6.08 Å². The SMILES string of the molecule is CCOc1cc(/C=C/C(=O)c2ccncc2)cc(OC)c1OCC. The molecule has 2 aromatic rings. The molecule has 0 N–H and O–H groups in total. The Labute approximate surface area is 141 Å². The van der Waals surface area contributed by atoms with E-state index in [-0.39, 0.29) is 5.78 Å². The summed E-state index contributed by atoms with van der Waals surface area (Å²) in [5, 5.41) is 0. The van der Waals surface area contributed by atoms with Crippen molar-refractivity contribution in [2.45, 2.75) is 13.8 Å². The Hall–Kier alpha value is -2.82. The first-order valence-corrected chi connectivity index (χ1v) is 7.79. The number of hydrogen-bond donors (Lipinski definition) is 0. The van der Waals surface area contributed by atoms with E-state index in [0.29, 0.717) is 36.0 Å². The summed E-state index contributed by atoms with van der Waals surface area (Å²) in [6.45, 7) is 4.81. The summed E-state index contributed by atoms with van der Waals surface area (Å²) in [6, 6.07) is 6.99. The molecule has 5 nitrogen and oxygen atoms in total. The minimum Gasteiger partial charge on any atom is -0.493 e. The third-order valence-corrected chi connectivity index (χ3v) is 3.24. The Morgan fingerprint density at radius 1 is 1.08 bits per heavy atom. The van der Waals surface area contributed by atoms with Crippen LogP contribution in [0, 0.1) is 0 Å². The molecular formula is C19H21NO4. The standard InChI is InChI=1S/C19H21NO4/c1-4-23-18-13-14(12-17(22-3)19(18)24-5-2)6-7-16(21)15-8-10-20-11-9-15/h6-13H,4-5H2,1-3H3/b7-6+. The van der Waals surface area contributed by atoms with Gasteiger partial charge in [-0.1, -0.05) is 6.08 Å². The van der Waals surface area contributed by atoms with E-state index in [4.69, 9.17) is 14.2 Å². The first kappa shape index (κ1) is 17.5. The third kappa shape index (κ3) is 4.35. The fourth-order valence-corrected chi connectivity index (χ4v) is 2.18. The van der Waals surface area contributed by atoms with Crippen molar-refractivity contribution in [1.29, 1.82) is 0 Å². The van der Waals surface area contributed by atoms with Gasteiger partial charge in [0.2, 0.25) is 5.75 Å². The molecule has 1 aromatic carbocycles. The van der Waals surface area contributed by atoms with Crippen molar-refractivity contribution in [3.63, 3.8) is 0 Å². The number of carbonyl (C=O) groups is 1. The Morgan fingerprint density at radius 2 is 1.75 bits per heavy atom. The van der Waals surface area contributed by atoms with Crippen LogP contribution in [0.3, 0.4) is 0 Å². The molecule has 0 spiro atoms. The number of ketones is 1. The average molecular weight is 327 g/mol. The summed E-state index contributed by atoms with van der Waals surface area (Å²) in [4.78, 5) is 16.1. The second-order valence-electron chi connectivity index (χ2n) is 4.85. The van der Waals surface area contributed by atoms with Crippen molar-refractivity contribution in [2.75, 3.05) is 20.3 Å². The lowest BCUT2D eigenvalue weighted by Gasteiger charge is -2.15. The summed E-state index contributed by atoms with van der Waals surface area (Å²) < 4.78 is 16.6. The van der Waals surface area contributed by atoms with Crippen LogP contribution >= 0.6 is 0 Å². The van der Waals surface area contributed by atoms with Gasteiger partial charge in [-0.05, 0) is 49.8 Å². The second kappa shape index (κ2) is 8.72. The average Bonchev–Trinajstić information content (AvgIpc) is 2.62. The first-order chi connectivity index (χ1) is 11.7. The predicted molar refractivity (Wildman–Crippen MR) is 92.9 cm³/mol. The van der Waals surface area contributed by atoms with E-state index in [9.17, 15) is 4.79 Å². The minimum atomic E-state index is -0.0942. The number of rotatable bonds is 8. The van der Waals surface area contributed by atoms with Gasteiger partial charge in [0.15, 0.2) is 17.3 Å². The molecule has 5 heteroatoms. The maximum Gasteiger partial charge on any atom is 0.203 e. The van der Waals surface area contributed by atoms with Gasteiger partial charge in [0, 0.05) is 18.0 Å². The number of nitrogens with zero attached hydrogens (tertiary/aromatic N) is 1. The molecule has 0 unspecified atom stereocenters. The number of carbonyl (C=O) groups excluding carboxylic acids is 1. The molecule has 0 saturated carbocycles. The number of aromatic nitrogens is 1.